The van der Waals surface area contributed by atoms with E-state index in [0.29, 0.717) is 45.3 Å². The average molecular weight is 588 g/mol. The zero-order valence-corrected chi connectivity index (χ0v) is 22.0. The predicted octanol–water partition coefficient (Wildman–Crippen LogP) is 2.25. The number of benzene rings is 1. The largest absolute Gasteiger partial charge is 0.417 e. The molecule has 41 heavy (non-hydrogen) atoms. The second-order valence-corrected chi connectivity index (χ2v) is 11.1. The summed E-state index contributed by atoms with van der Waals surface area (Å²) >= 11 is 0. The number of hydrogen-bond acceptors (Lipinski definition) is 7. The summed E-state index contributed by atoms with van der Waals surface area (Å²) in [6, 6.07) is 4.23. The van der Waals surface area contributed by atoms with Crippen molar-refractivity contribution in [3.05, 3.63) is 29.3 Å². The fourth-order valence-corrected chi connectivity index (χ4v) is 6.46. The standard InChI is InChI=1S/C26H27F6N5O4/c1-24-14-35(5-4-34-6-8-36(9-7-34)19(38)11-25(27,28)29)13-18(41-24)20-21(24)23(40)37(22(20)39)16-3-2-15(12-33)17(10-16)26(30,31)32/h2-3,10,18,20-21H,4-9,11,13-14H2,1H3/t18-,20-,21+,24-/m1/s1. The summed E-state index contributed by atoms with van der Waals surface area (Å²) in [6.07, 6.45) is -11.5. The number of fused-ring (bicyclic) bond motifs is 5. The predicted molar refractivity (Wildman–Crippen MR) is 129 cm³/mol. The number of anilines is 1. The van der Waals surface area contributed by atoms with Gasteiger partial charge in [0.2, 0.25) is 17.7 Å². The number of imide groups is 1. The fourth-order valence-electron chi connectivity index (χ4n) is 6.46. The second-order valence-electron chi connectivity index (χ2n) is 11.1. The third-order valence-electron chi connectivity index (χ3n) is 8.30. The van der Waals surface area contributed by atoms with Crippen LogP contribution in [0.3, 0.4) is 0 Å². The van der Waals surface area contributed by atoms with E-state index in [1.807, 2.05) is 9.80 Å². The molecule has 2 bridgehead atoms. The number of halogens is 6. The van der Waals surface area contributed by atoms with Crippen LogP contribution in [-0.4, -0.2) is 103 Å². The Morgan fingerprint density at radius 1 is 1.05 bits per heavy atom. The first kappa shape index (κ1) is 29.3. The van der Waals surface area contributed by atoms with Crippen LogP contribution in [0.5, 0.6) is 0 Å². The van der Waals surface area contributed by atoms with Crippen molar-refractivity contribution in [1.82, 2.24) is 14.7 Å². The highest BCUT2D eigenvalue weighted by Gasteiger charge is 2.67. The number of nitriles is 1. The maximum Gasteiger partial charge on any atom is 0.417 e. The zero-order chi connectivity index (χ0) is 29.9. The molecule has 0 aliphatic carbocycles. The lowest BCUT2D eigenvalue weighted by Gasteiger charge is -2.42. The highest BCUT2D eigenvalue weighted by atomic mass is 19.4. The van der Waals surface area contributed by atoms with E-state index in [0.717, 1.165) is 17.0 Å². The number of carbonyl (C=O) groups excluding carboxylic acids is 3. The molecule has 4 aliphatic rings. The molecule has 0 N–H and O–H groups in total. The summed E-state index contributed by atoms with van der Waals surface area (Å²) in [5.41, 5.74) is -3.14. The molecule has 222 valence electrons. The molecule has 3 amide bonds. The molecule has 1 aromatic rings. The Morgan fingerprint density at radius 2 is 1.71 bits per heavy atom. The van der Waals surface area contributed by atoms with Crippen LogP contribution in [0.4, 0.5) is 32.0 Å². The lowest BCUT2D eigenvalue weighted by molar-refractivity contribution is -0.162. The van der Waals surface area contributed by atoms with Gasteiger partial charge in [0.05, 0.1) is 46.4 Å². The van der Waals surface area contributed by atoms with Crippen LogP contribution in [0.15, 0.2) is 18.2 Å². The van der Waals surface area contributed by atoms with Crippen molar-refractivity contribution >= 4 is 23.4 Å². The van der Waals surface area contributed by atoms with Gasteiger partial charge in [-0.2, -0.15) is 31.6 Å². The lowest BCUT2D eigenvalue weighted by Crippen LogP contribution is -2.56. The van der Waals surface area contributed by atoms with E-state index >= 15 is 0 Å². The Bertz CT molecular complexity index is 1290. The number of morpholine rings is 1. The molecule has 4 atom stereocenters. The lowest BCUT2D eigenvalue weighted by atomic mass is 9.83. The van der Waals surface area contributed by atoms with Crippen LogP contribution >= 0.6 is 0 Å². The highest BCUT2D eigenvalue weighted by molar-refractivity contribution is 6.23. The number of alkyl halides is 6. The molecule has 0 aromatic heterocycles. The maximum absolute atomic E-state index is 13.5. The zero-order valence-electron chi connectivity index (χ0n) is 22.0. The summed E-state index contributed by atoms with van der Waals surface area (Å²) in [5, 5.41) is 9.06. The van der Waals surface area contributed by atoms with E-state index in [1.54, 1.807) is 6.92 Å². The molecule has 0 unspecified atom stereocenters. The van der Waals surface area contributed by atoms with Crippen molar-refractivity contribution in [1.29, 1.82) is 5.26 Å². The van der Waals surface area contributed by atoms with Crippen LogP contribution < -0.4 is 4.90 Å². The van der Waals surface area contributed by atoms with E-state index in [2.05, 4.69) is 0 Å². The Hall–Kier alpha value is -3.22. The van der Waals surface area contributed by atoms with Crippen molar-refractivity contribution in [2.75, 3.05) is 57.3 Å². The van der Waals surface area contributed by atoms with Gasteiger partial charge in [-0.05, 0) is 25.1 Å². The van der Waals surface area contributed by atoms with Crippen LogP contribution in [0.25, 0.3) is 0 Å². The van der Waals surface area contributed by atoms with Gasteiger partial charge in [-0.25, -0.2) is 4.90 Å². The normalized spacial score (nSPS) is 29.2. The minimum Gasteiger partial charge on any atom is -0.368 e. The topological polar surface area (TPSA) is 97.2 Å². The third kappa shape index (κ3) is 5.52. The number of rotatable bonds is 5. The molecule has 0 radical (unpaired) electrons. The number of hydrogen-bond donors (Lipinski definition) is 0. The van der Waals surface area contributed by atoms with Crippen molar-refractivity contribution < 1.29 is 45.5 Å². The van der Waals surface area contributed by atoms with Crippen molar-refractivity contribution in [2.24, 2.45) is 11.8 Å². The number of carbonyl (C=O) groups is 3. The van der Waals surface area contributed by atoms with Crippen molar-refractivity contribution in [3.63, 3.8) is 0 Å². The maximum atomic E-state index is 13.5. The number of ether oxygens (including phenoxy) is 1. The van der Waals surface area contributed by atoms with E-state index in [9.17, 15) is 40.7 Å². The molecular weight excluding hydrogens is 560 g/mol. The van der Waals surface area contributed by atoms with Crippen LogP contribution in [0.2, 0.25) is 0 Å². The summed E-state index contributed by atoms with van der Waals surface area (Å²) in [7, 11) is 0. The molecule has 0 spiro atoms. The minimum atomic E-state index is -4.85. The number of likely N-dealkylation sites (tertiary alicyclic amines) is 1. The molecule has 5 rings (SSSR count). The fraction of sp³-hybridized carbons (Fsp3) is 0.615. The average Bonchev–Trinajstić information content (AvgIpc) is 3.28. The molecular formula is C26H27F6N5O4. The van der Waals surface area contributed by atoms with E-state index in [-0.39, 0.29) is 18.8 Å². The van der Waals surface area contributed by atoms with Crippen molar-refractivity contribution in [3.8, 4) is 6.07 Å². The van der Waals surface area contributed by atoms with Crippen LogP contribution in [0, 0.1) is 23.2 Å². The first-order valence-electron chi connectivity index (χ1n) is 13.1. The minimum absolute atomic E-state index is 0.187. The quantitative estimate of drug-likeness (QED) is 0.385. The van der Waals surface area contributed by atoms with E-state index in [1.165, 1.54) is 11.0 Å². The molecule has 9 nitrogen and oxygen atoms in total. The van der Waals surface area contributed by atoms with Crippen LogP contribution in [-0.2, 0) is 25.3 Å². The van der Waals surface area contributed by atoms with E-state index in [4.69, 9.17) is 10.00 Å². The second kappa shape index (κ2) is 10.2. The molecule has 1 aromatic carbocycles. The van der Waals surface area contributed by atoms with Gasteiger partial charge in [0.1, 0.15) is 6.42 Å². The van der Waals surface area contributed by atoms with Gasteiger partial charge < -0.3 is 9.64 Å². The first-order valence-corrected chi connectivity index (χ1v) is 13.1. The van der Waals surface area contributed by atoms with Gasteiger partial charge in [0.25, 0.3) is 0 Å². The Labute approximate surface area is 231 Å². The molecule has 0 saturated carbocycles. The Morgan fingerprint density at radius 3 is 2.32 bits per heavy atom. The first-order chi connectivity index (χ1) is 19.1. The summed E-state index contributed by atoms with van der Waals surface area (Å²) in [4.78, 5) is 44.8. The Kier molecular flexibility index (Phi) is 7.32. The highest BCUT2D eigenvalue weighted by Crippen LogP contribution is 2.51. The van der Waals surface area contributed by atoms with Crippen molar-refractivity contribution in [2.45, 2.75) is 37.4 Å². The van der Waals surface area contributed by atoms with Gasteiger partial charge in [0.15, 0.2) is 0 Å². The number of nitrogens with zero attached hydrogens (tertiary/aromatic N) is 5. The number of amides is 3. The monoisotopic (exact) mass is 587 g/mol. The molecule has 4 aliphatic heterocycles. The molecule has 4 saturated heterocycles. The number of piperazine rings is 1. The van der Waals surface area contributed by atoms with Gasteiger partial charge in [-0.1, -0.05) is 0 Å². The summed E-state index contributed by atoms with van der Waals surface area (Å²) in [5.74, 6) is -4.00. The molecule has 15 heteroatoms. The van der Waals surface area contributed by atoms with Gasteiger partial charge in [0, 0.05) is 52.4 Å². The van der Waals surface area contributed by atoms with Gasteiger partial charge in [-0.15, -0.1) is 0 Å². The SMILES string of the molecule is C[C@]12CN(CCN3CCN(C(=O)CC(F)(F)F)CC3)C[C@@H](O1)[C@H]1C(=O)N(c3ccc(C#N)c(C(F)(F)F)c3)C(=O)[C@H]12. The summed E-state index contributed by atoms with van der Waals surface area (Å²) in [6.45, 7) is 4.60. The molecule has 4 fully saturated rings. The third-order valence-corrected chi connectivity index (χ3v) is 8.30. The molecule has 4 heterocycles. The smallest absolute Gasteiger partial charge is 0.368 e. The van der Waals surface area contributed by atoms with Crippen LogP contribution in [0.1, 0.15) is 24.5 Å². The summed E-state index contributed by atoms with van der Waals surface area (Å²) < 4.78 is 84.2. The van der Waals surface area contributed by atoms with Gasteiger partial charge >= 0.3 is 12.4 Å². The Balaban J connectivity index is 1.22. The van der Waals surface area contributed by atoms with Gasteiger partial charge in [-0.3, -0.25) is 24.2 Å². The van der Waals surface area contributed by atoms with E-state index < -0.39 is 71.2 Å².